The van der Waals surface area contributed by atoms with Crippen LogP contribution in [0.1, 0.15) is 58.4 Å². The lowest BCUT2D eigenvalue weighted by atomic mass is 10.1. The van der Waals surface area contributed by atoms with Crippen molar-refractivity contribution in [2.75, 3.05) is 17.6 Å². The number of aromatic nitrogens is 2. The zero-order valence-corrected chi connectivity index (χ0v) is 12.8. The van der Waals surface area contributed by atoms with Gasteiger partial charge in [-0.3, -0.25) is 0 Å². The van der Waals surface area contributed by atoms with Crippen molar-refractivity contribution in [3.8, 4) is 0 Å². The Kier molecular flexibility index (Phi) is 7.09. The first kappa shape index (κ1) is 15.3. The molecule has 0 atom stereocenters. The zero-order valence-electron chi connectivity index (χ0n) is 12.0. The maximum absolute atomic E-state index is 4.45. The van der Waals surface area contributed by atoms with Crippen LogP contribution in [0.25, 0.3) is 0 Å². The molecule has 3 nitrogen and oxygen atoms in total. The van der Waals surface area contributed by atoms with Gasteiger partial charge in [0, 0.05) is 12.1 Å². The molecule has 18 heavy (non-hydrogen) atoms. The summed E-state index contributed by atoms with van der Waals surface area (Å²) in [6.45, 7) is 9.64. The molecule has 1 aromatic rings. The van der Waals surface area contributed by atoms with E-state index in [0.29, 0.717) is 5.92 Å². The van der Waals surface area contributed by atoms with Crippen molar-refractivity contribution >= 4 is 17.6 Å². The number of anilines is 1. The molecule has 0 unspecified atom stereocenters. The van der Waals surface area contributed by atoms with E-state index in [9.17, 15) is 0 Å². The van der Waals surface area contributed by atoms with E-state index in [0.717, 1.165) is 23.1 Å². The molecule has 1 heterocycles. The van der Waals surface area contributed by atoms with Crippen molar-refractivity contribution in [3.63, 3.8) is 0 Å². The van der Waals surface area contributed by atoms with Crippen LogP contribution in [0.4, 0.5) is 5.82 Å². The van der Waals surface area contributed by atoms with E-state index < -0.39 is 0 Å². The van der Waals surface area contributed by atoms with Crippen LogP contribution >= 0.6 is 11.8 Å². The lowest BCUT2D eigenvalue weighted by molar-refractivity contribution is 0.774. The minimum Gasteiger partial charge on any atom is -0.370 e. The van der Waals surface area contributed by atoms with Gasteiger partial charge in [0.05, 0.1) is 0 Å². The zero-order chi connectivity index (χ0) is 13.4. The summed E-state index contributed by atoms with van der Waals surface area (Å²) in [6.07, 6.45) is 5.50. The lowest BCUT2D eigenvalue weighted by Crippen LogP contribution is -2.07. The third kappa shape index (κ3) is 4.48. The van der Waals surface area contributed by atoms with E-state index >= 15 is 0 Å². The molecule has 1 aromatic heterocycles. The summed E-state index contributed by atoms with van der Waals surface area (Å²) in [5, 5.41) is 4.48. The average molecular weight is 267 g/mol. The highest BCUT2D eigenvalue weighted by atomic mass is 32.2. The number of rotatable bonds is 8. The fraction of sp³-hybridized carbons (Fsp3) is 0.714. The Hall–Kier alpha value is -0.770. The first-order chi connectivity index (χ1) is 8.70. The van der Waals surface area contributed by atoms with Gasteiger partial charge in [0.25, 0.3) is 0 Å². The summed E-state index contributed by atoms with van der Waals surface area (Å²) < 4.78 is 0. The Balaban J connectivity index is 2.78. The van der Waals surface area contributed by atoms with Gasteiger partial charge in [-0.2, -0.15) is 0 Å². The largest absolute Gasteiger partial charge is 0.370 e. The molecule has 4 heteroatoms. The van der Waals surface area contributed by atoms with E-state index in [1.807, 2.05) is 11.8 Å². The topological polar surface area (TPSA) is 37.8 Å². The van der Waals surface area contributed by atoms with Crippen LogP contribution in [-0.2, 0) is 0 Å². The fourth-order valence-electron chi connectivity index (χ4n) is 1.84. The molecule has 102 valence electrons. The Bertz CT molecular complexity index is 353. The van der Waals surface area contributed by atoms with Crippen LogP contribution in [0.15, 0.2) is 11.4 Å². The molecule has 0 radical (unpaired) electrons. The van der Waals surface area contributed by atoms with Crippen LogP contribution in [0.5, 0.6) is 0 Å². The molecule has 1 N–H and O–H groups in total. The minimum absolute atomic E-state index is 0.453. The molecular weight excluding hydrogens is 242 g/mol. The van der Waals surface area contributed by atoms with Crippen molar-refractivity contribution in [2.24, 2.45) is 0 Å². The molecule has 1 rings (SSSR count). The Labute approximate surface area is 115 Å². The highest BCUT2D eigenvalue weighted by Crippen LogP contribution is 2.31. The molecule has 0 saturated heterocycles. The molecule has 0 bridgehead atoms. The van der Waals surface area contributed by atoms with Crippen molar-refractivity contribution in [1.29, 1.82) is 0 Å². The van der Waals surface area contributed by atoms with Crippen LogP contribution in [0.2, 0.25) is 0 Å². The van der Waals surface area contributed by atoms with E-state index in [-0.39, 0.29) is 0 Å². The monoisotopic (exact) mass is 267 g/mol. The van der Waals surface area contributed by atoms with Crippen LogP contribution in [-0.4, -0.2) is 22.3 Å². The summed E-state index contributed by atoms with van der Waals surface area (Å²) in [5.74, 6) is 2.60. The normalized spacial score (nSPS) is 10.9. The third-order valence-electron chi connectivity index (χ3n) is 2.76. The second kappa shape index (κ2) is 8.35. The SMILES string of the molecule is CCCCCSc1ncnc(NCC)c1C(C)C. The predicted octanol–water partition coefficient (Wildman–Crippen LogP) is 4.31. The Morgan fingerprint density at radius 1 is 1.22 bits per heavy atom. The Morgan fingerprint density at radius 3 is 2.61 bits per heavy atom. The maximum atomic E-state index is 4.45. The Morgan fingerprint density at radius 2 is 2.00 bits per heavy atom. The maximum Gasteiger partial charge on any atom is 0.133 e. The number of unbranched alkanes of at least 4 members (excludes halogenated alkanes) is 2. The molecule has 0 amide bonds. The first-order valence-corrected chi connectivity index (χ1v) is 7.90. The summed E-state index contributed by atoms with van der Waals surface area (Å²) in [7, 11) is 0. The molecule has 0 aromatic carbocycles. The van der Waals surface area contributed by atoms with E-state index in [1.54, 1.807) is 6.33 Å². The highest BCUT2D eigenvalue weighted by Gasteiger charge is 2.14. The molecule has 0 aliphatic rings. The van der Waals surface area contributed by atoms with Gasteiger partial charge in [0.15, 0.2) is 0 Å². The van der Waals surface area contributed by atoms with Crippen molar-refractivity contribution < 1.29 is 0 Å². The van der Waals surface area contributed by atoms with Crippen LogP contribution < -0.4 is 5.32 Å². The van der Waals surface area contributed by atoms with Gasteiger partial charge >= 0.3 is 0 Å². The van der Waals surface area contributed by atoms with Gasteiger partial charge in [0.1, 0.15) is 17.2 Å². The van der Waals surface area contributed by atoms with E-state index in [4.69, 9.17) is 0 Å². The number of nitrogens with zero attached hydrogens (tertiary/aromatic N) is 2. The lowest BCUT2D eigenvalue weighted by Gasteiger charge is -2.15. The molecule has 0 aliphatic heterocycles. The fourth-order valence-corrected chi connectivity index (χ4v) is 3.00. The van der Waals surface area contributed by atoms with Crippen LogP contribution in [0.3, 0.4) is 0 Å². The third-order valence-corrected chi connectivity index (χ3v) is 3.85. The average Bonchev–Trinajstić information content (AvgIpc) is 2.35. The first-order valence-electron chi connectivity index (χ1n) is 6.92. The molecule has 0 fully saturated rings. The number of hydrogen-bond donors (Lipinski definition) is 1. The van der Waals surface area contributed by atoms with Gasteiger partial charge in [-0.15, -0.1) is 11.8 Å². The summed E-state index contributed by atoms with van der Waals surface area (Å²) in [6, 6.07) is 0. The van der Waals surface area contributed by atoms with Gasteiger partial charge in [-0.25, -0.2) is 9.97 Å². The van der Waals surface area contributed by atoms with E-state index in [1.165, 1.54) is 24.8 Å². The molecule has 0 aliphatic carbocycles. The van der Waals surface area contributed by atoms with Gasteiger partial charge < -0.3 is 5.32 Å². The molecule has 0 saturated carbocycles. The predicted molar refractivity (Wildman–Crippen MR) is 80.5 cm³/mol. The number of hydrogen-bond acceptors (Lipinski definition) is 4. The second-order valence-electron chi connectivity index (χ2n) is 4.68. The van der Waals surface area contributed by atoms with Gasteiger partial charge in [-0.05, 0) is 25.0 Å². The molecular formula is C14H25N3S. The summed E-state index contributed by atoms with van der Waals surface area (Å²) in [4.78, 5) is 8.81. The number of thioether (sulfide) groups is 1. The van der Waals surface area contributed by atoms with Crippen molar-refractivity contribution in [1.82, 2.24) is 9.97 Å². The highest BCUT2D eigenvalue weighted by molar-refractivity contribution is 7.99. The van der Waals surface area contributed by atoms with Gasteiger partial charge in [-0.1, -0.05) is 33.6 Å². The van der Waals surface area contributed by atoms with Crippen LogP contribution in [0, 0.1) is 0 Å². The minimum atomic E-state index is 0.453. The van der Waals surface area contributed by atoms with Gasteiger partial charge in [0.2, 0.25) is 0 Å². The summed E-state index contributed by atoms with van der Waals surface area (Å²) in [5.41, 5.74) is 1.26. The van der Waals surface area contributed by atoms with E-state index in [2.05, 4.69) is 43.0 Å². The smallest absolute Gasteiger partial charge is 0.133 e. The standard InChI is InChI=1S/C14H25N3S/c1-5-7-8-9-18-14-12(11(3)4)13(15-6-2)16-10-17-14/h10-11H,5-9H2,1-4H3,(H,15,16,17). The quantitative estimate of drug-likeness (QED) is 0.432. The second-order valence-corrected chi connectivity index (χ2v) is 5.77. The molecule has 0 spiro atoms. The summed E-state index contributed by atoms with van der Waals surface area (Å²) >= 11 is 1.86. The van der Waals surface area contributed by atoms with Crippen molar-refractivity contribution in [2.45, 2.75) is 57.9 Å². The van der Waals surface area contributed by atoms with Crippen molar-refractivity contribution in [3.05, 3.63) is 11.9 Å². The number of nitrogens with one attached hydrogen (secondary N) is 1.